The summed E-state index contributed by atoms with van der Waals surface area (Å²) in [6.07, 6.45) is 2.18. The largest absolute Gasteiger partial charge is 0.383 e. The van der Waals surface area contributed by atoms with Crippen LogP contribution in [0.2, 0.25) is 0 Å². The van der Waals surface area contributed by atoms with Crippen LogP contribution in [0.1, 0.15) is 5.56 Å². The van der Waals surface area contributed by atoms with E-state index in [9.17, 15) is 0 Å². The number of fused-ring (bicyclic) bond motifs is 1. The number of aryl methyl sites for hydroxylation is 1. The van der Waals surface area contributed by atoms with Crippen LogP contribution in [0.25, 0.3) is 10.9 Å². The van der Waals surface area contributed by atoms with Gasteiger partial charge in [-0.25, -0.2) is 0 Å². The lowest BCUT2D eigenvalue weighted by molar-refractivity contribution is 0.199. The van der Waals surface area contributed by atoms with Crippen molar-refractivity contribution in [2.45, 2.75) is 6.54 Å². The van der Waals surface area contributed by atoms with Crippen molar-refractivity contribution in [1.29, 1.82) is 0 Å². The first kappa shape index (κ1) is 14.0. The first-order chi connectivity index (χ1) is 7.83. The number of hydrogen-bond donors (Lipinski definition) is 1. The number of methoxy groups -OCH3 is 1. The summed E-state index contributed by atoms with van der Waals surface area (Å²) >= 11 is 0. The maximum absolute atomic E-state index is 5.00. The van der Waals surface area contributed by atoms with Gasteiger partial charge in [0.2, 0.25) is 0 Å². The standard InChI is InChI=1S/C13H18N2O.ClH/c1-15-10-11(9-14-7-8-16-2)12-5-3-4-6-13(12)15;/h3-6,10,14H,7-9H2,1-2H3;1H. The van der Waals surface area contributed by atoms with Gasteiger partial charge in [-0.05, 0) is 11.6 Å². The molecule has 2 aromatic rings. The normalized spacial score (nSPS) is 10.5. The molecule has 0 saturated carbocycles. The second-order valence-corrected chi connectivity index (χ2v) is 3.95. The Hall–Kier alpha value is -1.03. The Morgan fingerprint density at radius 2 is 2.06 bits per heavy atom. The fourth-order valence-electron chi connectivity index (χ4n) is 1.96. The first-order valence-corrected chi connectivity index (χ1v) is 5.55. The van der Waals surface area contributed by atoms with Gasteiger partial charge in [-0.2, -0.15) is 0 Å². The molecule has 0 aliphatic rings. The van der Waals surface area contributed by atoms with Gasteiger partial charge >= 0.3 is 0 Å². The molecule has 94 valence electrons. The Morgan fingerprint density at radius 3 is 2.82 bits per heavy atom. The van der Waals surface area contributed by atoms with Crippen molar-refractivity contribution in [2.75, 3.05) is 20.3 Å². The average Bonchev–Trinajstić information content (AvgIpc) is 2.63. The zero-order valence-corrected chi connectivity index (χ0v) is 11.1. The summed E-state index contributed by atoms with van der Waals surface area (Å²) in [5, 5.41) is 4.70. The van der Waals surface area contributed by atoms with E-state index < -0.39 is 0 Å². The lowest BCUT2D eigenvalue weighted by Gasteiger charge is -2.02. The molecule has 4 heteroatoms. The Labute approximate surface area is 108 Å². The molecule has 1 N–H and O–H groups in total. The highest BCUT2D eigenvalue weighted by atomic mass is 35.5. The first-order valence-electron chi connectivity index (χ1n) is 5.55. The van der Waals surface area contributed by atoms with E-state index >= 15 is 0 Å². The van der Waals surface area contributed by atoms with Crippen LogP contribution < -0.4 is 5.32 Å². The molecule has 0 atom stereocenters. The molecule has 0 aliphatic heterocycles. The molecule has 1 aromatic heterocycles. The van der Waals surface area contributed by atoms with Crippen molar-refractivity contribution in [3.63, 3.8) is 0 Å². The number of rotatable bonds is 5. The molecule has 1 heterocycles. The monoisotopic (exact) mass is 254 g/mol. The molecule has 3 nitrogen and oxygen atoms in total. The summed E-state index contributed by atoms with van der Waals surface area (Å²) in [6.45, 7) is 2.54. The summed E-state index contributed by atoms with van der Waals surface area (Å²) < 4.78 is 7.17. The van der Waals surface area contributed by atoms with Crippen LogP contribution in [0, 0.1) is 0 Å². The highest BCUT2D eigenvalue weighted by Gasteiger charge is 2.04. The van der Waals surface area contributed by atoms with Crippen LogP contribution in [0.4, 0.5) is 0 Å². The predicted octanol–water partition coefficient (Wildman–Crippen LogP) is 2.34. The molecular weight excluding hydrogens is 236 g/mol. The fourth-order valence-corrected chi connectivity index (χ4v) is 1.96. The van der Waals surface area contributed by atoms with E-state index in [2.05, 4.69) is 47.4 Å². The summed E-state index contributed by atoms with van der Waals surface area (Å²) in [6, 6.07) is 8.47. The van der Waals surface area contributed by atoms with Gasteiger partial charge < -0.3 is 14.6 Å². The SMILES string of the molecule is COCCNCc1cn(C)c2ccccc12.Cl. The Morgan fingerprint density at radius 1 is 1.29 bits per heavy atom. The Kier molecular flexibility index (Phi) is 5.48. The minimum atomic E-state index is 0. The second kappa shape index (κ2) is 6.64. The molecule has 17 heavy (non-hydrogen) atoms. The number of aromatic nitrogens is 1. The maximum Gasteiger partial charge on any atom is 0.0587 e. The van der Waals surface area contributed by atoms with Crippen molar-refractivity contribution in [3.8, 4) is 0 Å². The molecule has 0 aliphatic carbocycles. The number of hydrogen-bond acceptors (Lipinski definition) is 2. The smallest absolute Gasteiger partial charge is 0.0587 e. The molecule has 0 unspecified atom stereocenters. The molecule has 0 spiro atoms. The van der Waals surface area contributed by atoms with Gasteiger partial charge in [-0.3, -0.25) is 0 Å². The molecule has 0 amide bonds. The van der Waals surface area contributed by atoms with Gasteiger partial charge in [-0.1, -0.05) is 18.2 Å². The van der Waals surface area contributed by atoms with Crippen LogP contribution in [0.3, 0.4) is 0 Å². The van der Waals surface area contributed by atoms with Gasteiger partial charge in [0.25, 0.3) is 0 Å². The van der Waals surface area contributed by atoms with Crippen LogP contribution in [-0.2, 0) is 18.3 Å². The summed E-state index contributed by atoms with van der Waals surface area (Å²) in [5.41, 5.74) is 2.63. The third-order valence-corrected chi connectivity index (χ3v) is 2.78. The van der Waals surface area contributed by atoms with Crippen molar-refractivity contribution in [3.05, 3.63) is 36.0 Å². The zero-order valence-electron chi connectivity index (χ0n) is 10.3. The number of nitrogens with zero attached hydrogens (tertiary/aromatic N) is 1. The van der Waals surface area contributed by atoms with E-state index in [1.54, 1.807) is 7.11 Å². The lowest BCUT2D eigenvalue weighted by atomic mass is 10.2. The number of ether oxygens (including phenoxy) is 1. The number of halogens is 1. The lowest BCUT2D eigenvalue weighted by Crippen LogP contribution is -2.18. The van der Waals surface area contributed by atoms with Gasteiger partial charge in [0, 0.05) is 44.3 Å². The minimum absolute atomic E-state index is 0. The quantitative estimate of drug-likeness (QED) is 0.829. The van der Waals surface area contributed by atoms with Crippen LogP contribution >= 0.6 is 12.4 Å². The van der Waals surface area contributed by atoms with Gasteiger partial charge in [-0.15, -0.1) is 12.4 Å². The molecule has 0 fully saturated rings. The number of benzene rings is 1. The van der Waals surface area contributed by atoms with Crippen LogP contribution in [0.5, 0.6) is 0 Å². The fraction of sp³-hybridized carbons (Fsp3) is 0.385. The number of nitrogens with one attached hydrogen (secondary N) is 1. The average molecular weight is 255 g/mol. The molecular formula is C13H19ClN2O. The molecule has 0 bridgehead atoms. The summed E-state index contributed by atoms with van der Waals surface area (Å²) in [5.74, 6) is 0. The van der Waals surface area contributed by atoms with E-state index in [1.807, 2.05) is 0 Å². The summed E-state index contributed by atoms with van der Waals surface area (Å²) in [7, 11) is 3.81. The molecule has 0 saturated heterocycles. The van der Waals surface area contributed by atoms with E-state index in [-0.39, 0.29) is 12.4 Å². The third-order valence-electron chi connectivity index (χ3n) is 2.78. The van der Waals surface area contributed by atoms with Crippen molar-refractivity contribution >= 4 is 23.3 Å². The molecule has 2 rings (SSSR count). The number of para-hydroxylation sites is 1. The topological polar surface area (TPSA) is 26.2 Å². The van der Waals surface area contributed by atoms with E-state index in [4.69, 9.17) is 4.74 Å². The Bertz CT molecular complexity index is 467. The maximum atomic E-state index is 5.00. The third kappa shape index (κ3) is 3.22. The molecule has 0 radical (unpaired) electrons. The minimum Gasteiger partial charge on any atom is -0.383 e. The highest BCUT2D eigenvalue weighted by molar-refractivity contribution is 5.85. The Balaban J connectivity index is 0.00000144. The van der Waals surface area contributed by atoms with Gasteiger partial charge in [0.15, 0.2) is 0 Å². The molecule has 1 aromatic carbocycles. The predicted molar refractivity (Wildman–Crippen MR) is 73.7 cm³/mol. The van der Waals surface area contributed by atoms with Crippen molar-refractivity contribution in [1.82, 2.24) is 9.88 Å². The van der Waals surface area contributed by atoms with E-state index in [1.165, 1.54) is 16.5 Å². The van der Waals surface area contributed by atoms with Gasteiger partial charge in [0.05, 0.1) is 6.61 Å². The second-order valence-electron chi connectivity index (χ2n) is 3.95. The van der Waals surface area contributed by atoms with Crippen LogP contribution in [-0.4, -0.2) is 24.8 Å². The van der Waals surface area contributed by atoms with Crippen molar-refractivity contribution in [2.24, 2.45) is 7.05 Å². The highest BCUT2D eigenvalue weighted by Crippen LogP contribution is 2.19. The van der Waals surface area contributed by atoms with Crippen molar-refractivity contribution < 1.29 is 4.74 Å². The zero-order chi connectivity index (χ0) is 11.4. The van der Waals surface area contributed by atoms with E-state index in [0.717, 1.165) is 19.7 Å². The van der Waals surface area contributed by atoms with Crippen LogP contribution in [0.15, 0.2) is 30.5 Å². The summed E-state index contributed by atoms with van der Waals surface area (Å²) in [4.78, 5) is 0. The van der Waals surface area contributed by atoms with Gasteiger partial charge in [0.1, 0.15) is 0 Å². The van der Waals surface area contributed by atoms with E-state index in [0.29, 0.717) is 0 Å².